The Morgan fingerprint density at radius 3 is 2.44 bits per heavy atom. The topological polar surface area (TPSA) is 62.8 Å². The van der Waals surface area contributed by atoms with Gasteiger partial charge in [0.1, 0.15) is 0 Å². The number of alkyl halides is 3. The number of aromatic amines is 1. The van der Waals surface area contributed by atoms with Crippen molar-refractivity contribution >= 4 is 9.84 Å². The Morgan fingerprint density at radius 2 is 1.89 bits per heavy atom. The summed E-state index contributed by atoms with van der Waals surface area (Å²) in [7, 11) is -5.32. The molecule has 0 amide bonds. The minimum Gasteiger partial charge on any atom is -0.285 e. The quantitative estimate of drug-likeness (QED) is 0.916. The van der Waals surface area contributed by atoms with Gasteiger partial charge in [-0.15, -0.1) is 0 Å². The highest BCUT2D eigenvalue weighted by Gasteiger charge is 2.46. The number of sulfone groups is 1. The number of benzene rings is 1. The van der Waals surface area contributed by atoms with E-state index in [1.165, 1.54) is 24.5 Å². The van der Waals surface area contributed by atoms with Crippen LogP contribution in [-0.2, 0) is 9.84 Å². The van der Waals surface area contributed by atoms with Crippen LogP contribution in [-0.4, -0.2) is 24.1 Å². The van der Waals surface area contributed by atoms with E-state index in [-0.39, 0.29) is 0 Å². The van der Waals surface area contributed by atoms with E-state index in [4.69, 9.17) is 0 Å². The van der Waals surface area contributed by atoms with Crippen LogP contribution in [0.25, 0.3) is 11.1 Å². The molecule has 0 spiro atoms. The molecule has 8 heteroatoms. The highest BCUT2D eigenvalue weighted by molar-refractivity contribution is 7.92. The normalized spacial score (nSPS) is 12.6. The van der Waals surface area contributed by atoms with Crippen LogP contribution in [0.5, 0.6) is 0 Å². The van der Waals surface area contributed by atoms with E-state index in [1.54, 1.807) is 0 Å². The molecule has 1 heterocycles. The van der Waals surface area contributed by atoms with Gasteiger partial charge in [0.05, 0.1) is 11.1 Å². The molecule has 0 fully saturated rings. The van der Waals surface area contributed by atoms with Gasteiger partial charge in [0, 0.05) is 11.8 Å². The largest absolute Gasteiger partial charge is 0.501 e. The van der Waals surface area contributed by atoms with Crippen LogP contribution in [0.3, 0.4) is 0 Å². The van der Waals surface area contributed by atoms with Crippen molar-refractivity contribution in [2.75, 3.05) is 0 Å². The summed E-state index contributed by atoms with van der Waals surface area (Å²) in [6.45, 7) is 0. The summed E-state index contributed by atoms with van der Waals surface area (Å²) in [5.41, 5.74) is -4.45. The van der Waals surface area contributed by atoms with Gasteiger partial charge >= 0.3 is 5.51 Å². The lowest BCUT2D eigenvalue weighted by molar-refractivity contribution is -0.0435. The Hall–Kier alpha value is -1.83. The maximum Gasteiger partial charge on any atom is 0.501 e. The van der Waals surface area contributed by atoms with Gasteiger partial charge in [0.25, 0.3) is 9.84 Å². The second kappa shape index (κ2) is 4.13. The van der Waals surface area contributed by atoms with E-state index < -0.39 is 20.2 Å². The predicted octanol–water partition coefficient (Wildman–Crippen LogP) is 2.37. The van der Waals surface area contributed by atoms with Crippen molar-refractivity contribution < 1.29 is 21.6 Å². The molecule has 0 aliphatic heterocycles. The minimum absolute atomic E-state index is 0.342. The van der Waals surface area contributed by atoms with Crippen molar-refractivity contribution in [1.82, 2.24) is 10.2 Å². The maximum absolute atomic E-state index is 12.4. The van der Waals surface area contributed by atoms with Crippen LogP contribution in [0.2, 0.25) is 0 Å². The van der Waals surface area contributed by atoms with Crippen LogP contribution in [0.4, 0.5) is 13.2 Å². The molecule has 1 N–H and O–H groups in total. The molecule has 4 nitrogen and oxygen atoms in total. The molecule has 2 rings (SSSR count). The third-order valence-electron chi connectivity index (χ3n) is 2.28. The molecular weight excluding hydrogens is 269 g/mol. The smallest absolute Gasteiger partial charge is 0.285 e. The van der Waals surface area contributed by atoms with Crippen molar-refractivity contribution in [1.29, 1.82) is 0 Å². The van der Waals surface area contributed by atoms with Gasteiger partial charge in [-0.25, -0.2) is 8.42 Å². The van der Waals surface area contributed by atoms with Crippen molar-refractivity contribution in [3.05, 3.63) is 36.7 Å². The summed E-state index contributed by atoms with van der Waals surface area (Å²) in [5.74, 6) is 0. The molecule has 1 aromatic heterocycles. The molecule has 2 aromatic rings. The molecule has 0 aliphatic rings. The van der Waals surface area contributed by atoms with Gasteiger partial charge in [0.15, 0.2) is 0 Å². The number of aromatic nitrogens is 2. The SMILES string of the molecule is O=S(=O)(c1cccc(-c2cn[nH]c2)c1)C(F)(F)F. The molecule has 0 radical (unpaired) electrons. The molecule has 0 bridgehead atoms. The van der Waals surface area contributed by atoms with Gasteiger partial charge in [-0.1, -0.05) is 12.1 Å². The average Bonchev–Trinajstić information content (AvgIpc) is 2.81. The van der Waals surface area contributed by atoms with Crippen LogP contribution in [0.1, 0.15) is 0 Å². The first-order chi connectivity index (χ1) is 8.32. The molecule has 0 saturated heterocycles. The molecule has 1 aromatic carbocycles. The summed E-state index contributed by atoms with van der Waals surface area (Å²) in [4.78, 5) is -0.784. The molecular formula is C10H7F3N2O2S. The minimum atomic E-state index is -5.32. The van der Waals surface area contributed by atoms with E-state index >= 15 is 0 Å². The Balaban J connectivity index is 2.53. The second-order valence-electron chi connectivity index (χ2n) is 3.46. The third-order valence-corrected chi connectivity index (χ3v) is 3.76. The number of halogens is 3. The first kappa shape index (κ1) is 12.6. The molecule has 96 valence electrons. The van der Waals surface area contributed by atoms with Crippen molar-refractivity contribution in [3.63, 3.8) is 0 Å². The van der Waals surface area contributed by atoms with Gasteiger partial charge in [-0.3, -0.25) is 5.10 Å². The number of nitrogens with one attached hydrogen (secondary N) is 1. The number of H-pyrrole nitrogens is 1. The van der Waals surface area contributed by atoms with Gasteiger partial charge in [-0.05, 0) is 17.7 Å². The zero-order valence-corrected chi connectivity index (χ0v) is 9.59. The lowest BCUT2D eigenvalue weighted by atomic mass is 10.1. The van der Waals surface area contributed by atoms with Gasteiger partial charge in [0.2, 0.25) is 0 Å². The van der Waals surface area contributed by atoms with E-state index in [0.29, 0.717) is 11.1 Å². The van der Waals surface area contributed by atoms with Crippen LogP contribution >= 0.6 is 0 Å². The highest BCUT2D eigenvalue weighted by Crippen LogP contribution is 2.32. The Labute approximate surface area is 100 Å². The molecule has 0 unspecified atom stereocenters. The standard InChI is InChI=1S/C10H7F3N2O2S/c11-10(12,13)18(16,17)9-3-1-2-7(4-9)8-5-14-15-6-8/h1-6H,(H,14,15). The number of rotatable bonds is 2. The summed E-state index contributed by atoms with van der Waals surface area (Å²) in [6.07, 6.45) is 2.85. The fourth-order valence-electron chi connectivity index (χ4n) is 1.39. The third kappa shape index (κ3) is 2.10. The van der Waals surface area contributed by atoms with Crippen LogP contribution < -0.4 is 0 Å². The summed E-state index contributed by atoms with van der Waals surface area (Å²) >= 11 is 0. The molecule has 0 atom stereocenters. The highest BCUT2D eigenvalue weighted by atomic mass is 32.2. The van der Waals surface area contributed by atoms with E-state index in [9.17, 15) is 21.6 Å². The van der Waals surface area contributed by atoms with E-state index in [1.807, 2.05) is 0 Å². The van der Waals surface area contributed by atoms with Gasteiger partial charge in [-0.2, -0.15) is 18.3 Å². The Kier molecular flexibility index (Phi) is 2.89. The van der Waals surface area contributed by atoms with Crippen LogP contribution in [0.15, 0.2) is 41.6 Å². The van der Waals surface area contributed by atoms with Crippen molar-refractivity contribution in [3.8, 4) is 11.1 Å². The second-order valence-corrected chi connectivity index (χ2v) is 5.41. The first-order valence-electron chi connectivity index (χ1n) is 4.73. The molecule has 18 heavy (non-hydrogen) atoms. The number of nitrogens with zero attached hydrogens (tertiary/aromatic N) is 1. The zero-order chi connectivity index (χ0) is 13.4. The lowest BCUT2D eigenvalue weighted by Crippen LogP contribution is -2.23. The summed E-state index contributed by atoms with van der Waals surface area (Å²) in [6, 6.07) is 4.63. The first-order valence-corrected chi connectivity index (χ1v) is 6.21. The van der Waals surface area contributed by atoms with Crippen molar-refractivity contribution in [2.45, 2.75) is 10.4 Å². The fraction of sp³-hybridized carbons (Fsp3) is 0.100. The average molecular weight is 276 g/mol. The number of hydrogen-bond donors (Lipinski definition) is 1. The maximum atomic E-state index is 12.4. The monoisotopic (exact) mass is 276 g/mol. The Bertz CT molecular complexity index is 648. The molecule has 0 aliphatic carbocycles. The zero-order valence-electron chi connectivity index (χ0n) is 8.77. The van der Waals surface area contributed by atoms with Crippen molar-refractivity contribution in [2.24, 2.45) is 0 Å². The molecule has 0 saturated carbocycles. The lowest BCUT2D eigenvalue weighted by Gasteiger charge is -2.08. The van der Waals surface area contributed by atoms with Gasteiger partial charge < -0.3 is 0 Å². The van der Waals surface area contributed by atoms with Crippen LogP contribution in [0, 0.1) is 0 Å². The van der Waals surface area contributed by atoms with E-state index in [0.717, 1.165) is 12.1 Å². The summed E-state index contributed by atoms with van der Waals surface area (Å²) < 4.78 is 59.6. The number of hydrogen-bond acceptors (Lipinski definition) is 3. The fourth-order valence-corrected chi connectivity index (χ4v) is 2.19. The summed E-state index contributed by atoms with van der Waals surface area (Å²) in [5, 5.41) is 6.14. The van der Waals surface area contributed by atoms with E-state index in [2.05, 4.69) is 10.2 Å². The Morgan fingerprint density at radius 1 is 1.17 bits per heavy atom. The predicted molar refractivity (Wildman–Crippen MR) is 57.3 cm³/mol.